The average Bonchev–Trinajstić information content (AvgIpc) is 2.60. The van der Waals surface area contributed by atoms with Gasteiger partial charge in [-0.1, -0.05) is 17.7 Å². The zero-order valence-electron chi connectivity index (χ0n) is 13.4. The van der Waals surface area contributed by atoms with Crippen molar-refractivity contribution < 1.29 is 29.3 Å². The van der Waals surface area contributed by atoms with Gasteiger partial charge in [0.15, 0.2) is 6.61 Å². The Labute approximate surface area is 139 Å². The van der Waals surface area contributed by atoms with Gasteiger partial charge in [-0.15, -0.1) is 0 Å². The summed E-state index contributed by atoms with van der Waals surface area (Å²) < 4.78 is 10.1. The average molecular weight is 330 g/mol. The number of ketones is 1. The molecule has 0 aromatic heterocycles. The molecule has 0 amide bonds. The fourth-order valence-electron chi connectivity index (χ4n) is 2.16. The number of esters is 1. The van der Waals surface area contributed by atoms with Crippen LogP contribution < -0.4 is 4.74 Å². The lowest BCUT2D eigenvalue weighted by atomic mass is 10.1. The third kappa shape index (κ3) is 3.91. The maximum atomic E-state index is 12.2. The number of rotatable bonds is 6. The quantitative estimate of drug-likeness (QED) is 0.623. The van der Waals surface area contributed by atoms with E-state index in [2.05, 4.69) is 0 Å². The molecule has 0 atom stereocenters. The highest BCUT2D eigenvalue weighted by Gasteiger charge is 2.18. The van der Waals surface area contributed by atoms with Gasteiger partial charge in [0.05, 0.1) is 19.3 Å². The first-order valence-corrected chi connectivity index (χ1v) is 7.24. The van der Waals surface area contributed by atoms with Crippen LogP contribution in [0.1, 0.15) is 31.8 Å². The number of hydrogen-bond donors (Lipinski definition) is 2. The second-order valence-corrected chi connectivity index (χ2v) is 5.21. The van der Waals surface area contributed by atoms with Crippen molar-refractivity contribution in [2.45, 2.75) is 13.5 Å². The van der Waals surface area contributed by atoms with Crippen LogP contribution in [0.15, 0.2) is 36.4 Å². The number of ether oxygens (including phenoxy) is 2. The van der Waals surface area contributed by atoms with Gasteiger partial charge in [-0.25, -0.2) is 4.79 Å². The van der Waals surface area contributed by atoms with Gasteiger partial charge in [0, 0.05) is 0 Å². The molecule has 0 bridgehead atoms. The normalized spacial score (nSPS) is 10.3. The van der Waals surface area contributed by atoms with Crippen molar-refractivity contribution in [1.82, 2.24) is 0 Å². The van der Waals surface area contributed by atoms with Crippen LogP contribution in [0.3, 0.4) is 0 Å². The van der Waals surface area contributed by atoms with Crippen molar-refractivity contribution in [2.24, 2.45) is 0 Å². The Morgan fingerprint density at radius 3 is 2.50 bits per heavy atom. The molecule has 0 radical (unpaired) electrons. The van der Waals surface area contributed by atoms with Gasteiger partial charge in [0.2, 0.25) is 5.78 Å². The fraction of sp³-hybridized carbons (Fsp3) is 0.222. The minimum Gasteiger partial charge on any atom is -0.507 e. The van der Waals surface area contributed by atoms with Gasteiger partial charge in [-0.3, -0.25) is 4.79 Å². The minimum absolute atomic E-state index is 0.00499. The standard InChI is InChI=1S/C18H18O6/c1-11-3-6-15(20)14(7-11)18(22)24-10-16(21)13-5-4-12(9-19)8-17(13)23-2/h3-8,19-20H,9-10H2,1-2H3. The van der Waals surface area contributed by atoms with E-state index in [1.165, 1.54) is 25.3 Å². The second kappa shape index (κ2) is 7.61. The van der Waals surface area contributed by atoms with Crippen LogP contribution in [-0.2, 0) is 11.3 Å². The number of aliphatic hydroxyl groups is 1. The molecule has 0 unspecified atom stereocenters. The molecule has 0 fully saturated rings. The second-order valence-electron chi connectivity index (χ2n) is 5.21. The van der Waals surface area contributed by atoms with E-state index in [1.54, 1.807) is 25.1 Å². The lowest BCUT2D eigenvalue weighted by Gasteiger charge is -2.10. The van der Waals surface area contributed by atoms with Gasteiger partial charge in [-0.2, -0.15) is 0 Å². The molecule has 0 heterocycles. The molecule has 0 saturated heterocycles. The highest BCUT2D eigenvalue weighted by Crippen LogP contribution is 2.22. The van der Waals surface area contributed by atoms with Crippen molar-refractivity contribution in [3.63, 3.8) is 0 Å². The number of aliphatic hydroxyl groups excluding tert-OH is 1. The molecule has 24 heavy (non-hydrogen) atoms. The molecule has 0 saturated carbocycles. The van der Waals surface area contributed by atoms with Crippen molar-refractivity contribution in [2.75, 3.05) is 13.7 Å². The Morgan fingerprint density at radius 2 is 1.83 bits per heavy atom. The van der Waals surface area contributed by atoms with Crippen LogP contribution in [0, 0.1) is 6.92 Å². The summed E-state index contributed by atoms with van der Waals surface area (Å²) in [5, 5.41) is 18.8. The summed E-state index contributed by atoms with van der Waals surface area (Å²) in [4.78, 5) is 24.2. The molecule has 2 aromatic carbocycles. The Kier molecular flexibility index (Phi) is 5.55. The van der Waals surface area contributed by atoms with E-state index in [1.807, 2.05) is 0 Å². The summed E-state index contributed by atoms with van der Waals surface area (Å²) in [7, 11) is 1.41. The first-order valence-electron chi connectivity index (χ1n) is 7.24. The fourth-order valence-corrected chi connectivity index (χ4v) is 2.16. The Balaban J connectivity index is 2.10. The van der Waals surface area contributed by atoms with Crippen molar-refractivity contribution in [3.05, 3.63) is 58.7 Å². The number of aryl methyl sites for hydroxylation is 1. The Morgan fingerprint density at radius 1 is 1.08 bits per heavy atom. The molecule has 2 N–H and O–H groups in total. The van der Waals surface area contributed by atoms with E-state index in [0.29, 0.717) is 11.3 Å². The first-order chi connectivity index (χ1) is 11.5. The van der Waals surface area contributed by atoms with Crippen LogP contribution >= 0.6 is 0 Å². The molecule has 6 heteroatoms. The van der Waals surface area contributed by atoms with Crippen LogP contribution in [-0.4, -0.2) is 35.7 Å². The lowest BCUT2D eigenvalue weighted by Crippen LogP contribution is -2.15. The number of hydrogen-bond acceptors (Lipinski definition) is 6. The van der Waals surface area contributed by atoms with Gasteiger partial charge in [0.25, 0.3) is 0 Å². The number of aromatic hydroxyl groups is 1. The van der Waals surface area contributed by atoms with E-state index in [0.717, 1.165) is 5.56 Å². The zero-order valence-corrected chi connectivity index (χ0v) is 13.4. The van der Waals surface area contributed by atoms with E-state index in [9.17, 15) is 14.7 Å². The summed E-state index contributed by atoms with van der Waals surface area (Å²) in [6.07, 6.45) is 0. The van der Waals surface area contributed by atoms with E-state index < -0.39 is 18.4 Å². The number of methoxy groups -OCH3 is 1. The lowest BCUT2D eigenvalue weighted by molar-refractivity contribution is 0.0471. The van der Waals surface area contributed by atoms with Crippen LogP contribution in [0.25, 0.3) is 0 Å². The monoisotopic (exact) mass is 330 g/mol. The maximum absolute atomic E-state index is 12.2. The maximum Gasteiger partial charge on any atom is 0.342 e. The number of carbonyl (C=O) groups is 2. The number of phenols is 1. The predicted octanol–water partition coefficient (Wildman–Crippen LogP) is 2.24. The minimum atomic E-state index is -0.782. The van der Waals surface area contributed by atoms with Crippen molar-refractivity contribution in [3.8, 4) is 11.5 Å². The summed E-state index contributed by atoms with van der Waals surface area (Å²) >= 11 is 0. The molecular weight excluding hydrogens is 312 g/mol. The summed E-state index contributed by atoms with van der Waals surface area (Å²) in [6.45, 7) is 1.11. The molecule has 0 aliphatic heterocycles. The number of carbonyl (C=O) groups excluding carboxylic acids is 2. The number of benzene rings is 2. The molecule has 2 aromatic rings. The smallest absolute Gasteiger partial charge is 0.342 e. The summed E-state index contributed by atoms with van der Waals surface area (Å²) in [5.74, 6) is -1.14. The third-order valence-corrected chi connectivity index (χ3v) is 3.46. The van der Waals surface area contributed by atoms with E-state index in [4.69, 9.17) is 14.6 Å². The largest absolute Gasteiger partial charge is 0.507 e. The van der Waals surface area contributed by atoms with Gasteiger partial charge < -0.3 is 19.7 Å². The van der Waals surface area contributed by atoms with E-state index in [-0.39, 0.29) is 23.5 Å². The molecular formula is C18H18O6. The molecule has 6 nitrogen and oxygen atoms in total. The predicted molar refractivity (Wildman–Crippen MR) is 86.4 cm³/mol. The SMILES string of the molecule is COc1cc(CO)ccc1C(=O)COC(=O)c1cc(C)ccc1O. The Hall–Kier alpha value is -2.86. The topological polar surface area (TPSA) is 93.1 Å². The van der Waals surface area contributed by atoms with E-state index >= 15 is 0 Å². The number of phenolic OH excluding ortho intramolecular Hbond substituents is 1. The highest BCUT2D eigenvalue weighted by atomic mass is 16.5. The molecule has 0 spiro atoms. The Bertz CT molecular complexity index is 766. The summed E-state index contributed by atoms with van der Waals surface area (Å²) in [6, 6.07) is 9.17. The van der Waals surface area contributed by atoms with Crippen LogP contribution in [0.2, 0.25) is 0 Å². The van der Waals surface area contributed by atoms with Crippen molar-refractivity contribution in [1.29, 1.82) is 0 Å². The van der Waals surface area contributed by atoms with Crippen LogP contribution in [0.4, 0.5) is 0 Å². The highest BCUT2D eigenvalue weighted by molar-refractivity contribution is 6.01. The third-order valence-electron chi connectivity index (χ3n) is 3.46. The first kappa shape index (κ1) is 17.5. The molecule has 2 rings (SSSR count). The van der Waals surface area contributed by atoms with Gasteiger partial charge in [0.1, 0.15) is 17.1 Å². The van der Waals surface area contributed by atoms with Crippen LogP contribution in [0.5, 0.6) is 11.5 Å². The number of Topliss-reactive ketones (excluding diaryl/α,β-unsaturated/α-hetero) is 1. The van der Waals surface area contributed by atoms with Crippen molar-refractivity contribution >= 4 is 11.8 Å². The molecule has 0 aliphatic carbocycles. The van der Waals surface area contributed by atoms with Gasteiger partial charge in [-0.05, 0) is 36.8 Å². The van der Waals surface area contributed by atoms with Gasteiger partial charge >= 0.3 is 5.97 Å². The summed E-state index contributed by atoms with van der Waals surface area (Å²) in [5.41, 5.74) is 1.64. The molecule has 126 valence electrons. The zero-order chi connectivity index (χ0) is 17.7. The molecule has 0 aliphatic rings.